The normalized spacial score (nSPS) is 12.0. The minimum atomic E-state index is -2.78. The summed E-state index contributed by atoms with van der Waals surface area (Å²) in [5, 5.41) is 17.2. The zero-order valence-electron chi connectivity index (χ0n) is 3.24. The molecule has 5 nitrogen and oxygen atoms in total. The molecule has 0 aliphatic rings. The number of nitro groups is 1. The van der Waals surface area contributed by atoms with Crippen molar-refractivity contribution in [2.24, 2.45) is 4.65 Å². The van der Waals surface area contributed by atoms with Crippen molar-refractivity contribution in [1.82, 2.24) is 0 Å². The topological polar surface area (TPSA) is 93.0 Å². The number of hydrogen-bond acceptors (Lipinski definition) is 4. The van der Waals surface area contributed by atoms with Gasteiger partial charge >= 0.3 is 43.8 Å². The molecule has 2 N–H and O–H groups in total. The van der Waals surface area contributed by atoms with Crippen LogP contribution < -0.4 is 4.65 Å². The molecule has 0 radical (unpaired) electrons. The molecule has 0 aromatic carbocycles. The summed E-state index contributed by atoms with van der Waals surface area (Å²) >= 11 is -2.78. The van der Waals surface area contributed by atoms with E-state index in [1.165, 1.54) is 4.86 Å². The van der Waals surface area contributed by atoms with Gasteiger partial charge in [-0.05, 0) is 0 Å². The third kappa shape index (κ3) is 2.15. The van der Waals surface area contributed by atoms with Gasteiger partial charge in [0.2, 0.25) is 0 Å². The van der Waals surface area contributed by atoms with E-state index in [2.05, 4.69) is 0 Å². The molecule has 1 unspecified atom stereocenters. The summed E-state index contributed by atoms with van der Waals surface area (Å²) < 4.78 is 3.99. The van der Waals surface area contributed by atoms with E-state index in [1.54, 1.807) is 0 Å². The fourth-order valence-corrected chi connectivity index (χ4v) is 0.190. The molecule has 0 rings (SSSR count). The Labute approximate surface area is 44.6 Å². The van der Waals surface area contributed by atoms with Crippen molar-refractivity contribution in [3.8, 4) is 4.86 Å². The van der Waals surface area contributed by atoms with E-state index in [0.29, 0.717) is 0 Å². The van der Waals surface area contributed by atoms with E-state index in [1.807, 2.05) is 0 Å². The van der Waals surface area contributed by atoms with Crippen LogP contribution in [0, 0.1) is 20.2 Å². The first-order chi connectivity index (χ1) is 3.18. The summed E-state index contributed by atoms with van der Waals surface area (Å²) in [6.07, 6.45) is 0. The third-order valence-corrected chi connectivity index (χ3v) is 1.45. The van der Waals surface area contributed by atoms with Gasteiger partial charge < -0.3 is 0 Å². The first kappa shape index (κ1) is 6.41. The van der Waals surface area contributed by atoms with Crippen LogP contribution >= 0.6 is 0 Å². The minimum absolute atomic E-state index is 0.715. The predicted octanol–water partition coefficient (Wildman–Crippen LogP) is -1.23. The standard InChI is InChI=1S/CH2AsN3O2/c3-1-2(4)5(6)7/h4H2. The molecule has 0 heterocycles. The van der Waals surface area contributed by atoms with Crippen molar-refractivity contribution in [2.45, 2.75) is 0 Å². The summed E-state index contributed by atoms with van der Waals surface area (Å²) in [5.41, 5.74) is 0. The van der Waals surface area contributed by atoms with Gasteiger partial charge in [-0.1, -0.05) is 0 Å². The van der Waals surface area contributed by atoms with Gasteiger partial charge in [0.15, 0.2) is 0 Å². The van der Waals surface area contributed by atoms with Crippen molar-refractivity contribution >= 4 is 15.1 Å². The first-order valence-corrected chi connectivity index (χ1v) is 4.13. The van der Waals surface area contributed by atoms with Gasteiger partial charge in [0.05, 0.1) is 0 Å². The number of nitriles is 1. The molecule has 38 valence electrons. The number of hydrogen-bond donors (Lipinski definition) is 1. The van der Waals surface area contributed by atoms with Crippen LogP contribution in [0.5, 0.6) is 0 Å². The first-order valence-electron chi connectivity index (χ1n) is 1.27. The van der Waals surface area contributed by atoms with Crippen molar-refractivity contribution in [1.29, 1.82) is 5.26 Å². The Morgan fingerprint density at radius 2 is 2.43 bits per heavy atom. The van der Waals surface area contributed by atoms with Gasteiger partial charge in [0, 0.05) is 0 Å². The van der Waals surface area contributed by atoms with E-state index in [-0.39, 0.29) is 0 Å². The molecule has 0 saturated carbocycles. The molecule has 0 bridgehead atoms. The molecule has 0 spiro atoms. The summed E-state index contributed by atoms with van der Waals surface area (Å²) in [6.45, 7) is 0. The molecule has 0 aliphatic heterocycles. The SMILES string of the molecule is N#C[As](N)[N+](=O)[O-]. The molecule has 0 aliphatic carbocycles. The van der Waals surface area contributed by atoms with Crippen LogP contribution in [-0.4, -0.2) is 18.9 Å². The van der Waals surface area contributed by atoms with Crippen LogP contribution in [0.4, 0.5) is 0 Å². The molecule has 0 aromatic rings. The summed E-state index contributed by atoms with van der Waals surface area (Å²) in [7, 11) is 0. The Morgan fingerprint density at radius 1 is 2.00 bits per heavy atom. The molecule has 0 fully saturated rings. The van der Waals surface area contributed by atoms with Crippen LogP contribution in [0.2, 0.25) is 0 Å². The van der Waals surface area contributed by atoms with Crippen molar-refractivity contribution in [3.63, 3.8) is 0 Å². The van der Waals surface area contributed by atoms with Crippen LogP contribution in [-0.2, 0) is 0 Å². The van der Waals surface area contributed by atoms with Crippen molar-refractivity contribution < 1.29 is 3.84 Å². The number of nitrogens with zero attached hydrogens (tertiary/aromatic N) is 2. The van der Waals surface area contributed by atoms with Gasteiger partial charge in [0.25, 0.3) is 0 Å². The second-order valence-corrected chi connectivity index (χ2v) is 3.23. The van der Waals surface area contributed by atoms with Gasteiger partial charge in [-0.2, -0.15) is 0 Å². The predicted molar refractivity (Wildman–Crippen MR) is 22.5 cm³/mol. The molecular formula is CH2AsN3O2. The Bertz CT molecular complexity index is 117. The van der Waals surface area contributed by atoms with Gasteiger partial charge in [-0.25, -0.2) is 0 Å². The molecule has 0 saturated heterocycles. The van der Waals surface area contributed by atoms with Crippen LogP contribution in [0.1, 0.15) is 0 Å². The Balaban J connectivity index is 3.63. The van der Waals surface area contributed by atoms with Gasteiger partial charge in [-0.3, -0.25) is 0 Å². The van der Waals surface area contributed by atoms with Crippen LogP contribution in [0.25, 0.3) is 0 Å². The Morgan fingerprint density at radius 3 is 2.43 bits per heavy atom. The second-order valence-electron chi connectivity index (χ2n) is 0.682. The molecule has 1 atom stereocenters. The molecule has 7 heavy (non-hydrogen) atoms. The van der Waals surface area contributed by atoms with E-state index < -0.39 is 18.9 Å². The quantitative estimate of drug-likeness (QED) is 0.297. The van der Waals surface area contributed by atoms with E-state index in [0.717, 1.165) is 0 Å². The second kappa shape index (κ2) is 2.56. The molecular weight excluding hydrogens is 161 g/mol. The zero-order valence-corrected chi connectivity index (χ0v) is 5.11. The van der Waals surface area contributed by atoms with Gasteiger partial charge in [0.1, 0.15) is 0 Å². The van der Waals surface area contributed by atoms with Crippen LogP contribution in [0.15, 0.2) is 0 Å². The fraction of sp³-hybridized carbons (Fsp3) is 0. The summed E-state index contributed by atoms with van der Waals surface area (Å²) in [4.78, 5) is 10.8. The Hall–Kier alpha value is -0.592. The molecule has 0 amide bonds. The maximum absolute atomic E-state index is 9.45. The average Bonchev–Trinajstić information content (AvgIpc) is 1.65. The monoisotopic (exact) mass is 163 g/mol. The maximum atomic E-state index is 9.45. The average molecular weight is 163 g/mol. The molecule has 0 aromatic heterocycles. The third-order valence-electron chi connectivity index (χ3n) is 0.278. The van der Waals surface area contributed by atoms with E-state index in [9.17, 15) is 10.1 Å². The summed E-state index contributed by atoms with van der Waals surface area (Å²) in [6, 6.07) is 0. The zero-order chi connectivity index (χ0) is 5.86. The fourth-order valence-electron chi connectivity index (χ4n) is 0.0365. The Kier molecular flexibility index (Phi) is 2.34. The van der Waals surface area contributed by atoms with Crippen molar-refractivity contribution in [2.75, 3.05) is 0 Å². The molecule has 6 heteroatoms. The van der Waals surface area contributed by atoms with E-state index >= 15 is 0 Å². The van der Waals surface area contributed by atoms with E-state index in [4.69, 9.17) is 9.91 Å². The summed E-state index contributed by atoms with van der Waals surface area (Å²) in [5.74, 6) is 0. The van der Waals surface area contributed by atoms with Crippen molar-refractivity contribution in [3.05, 3.63) is 10.1 Å². The van der Waals surface area contributed by atoms with Gasteiger partial charge in [-0.15, -0.1) is 0 Å². The van der Waals surface area contributed by atoms with Crippen LogP contribution in [0.3, 0.4) is 0 Å². The number of rotatable bonds is 1. The number of nitrogens with two attached hydrogens (primary N) is 1.